The minimum Gasteiger partial charge on any atom is -0.382 e. The standard InChI is InChI=1S/C21H34N4O3.C20H32N4O3/c1-4-17(5-2)21(27)25-13-11-24(12-14-25)19-9-8-18(16-23-19)20(26)22-10-7-15-28-6-3;1-3-5-7-19(25)24-13-11-23(12-14-24)18-9-8-17(16-22-18)20(26)21-10-6-15-27-4-2/h8-9,16-17H,4-7,10-15H2,1-3H3,(H,22,26);8-9,16H,3-7,10-15H2,1-2H3,(H,21,26). The summed E-state index contributed by atoms with van der Waals surface area (Å²) in [5.41, 5.74) is 1.12. The lowest BCUT2D eigenvalue weighted by Crippen LogP contribution is -2.50. The first kappa shape index (κ1) is 45.1. The van der Waals surface area contributed by atoms with Crippen LogP contribution in [0.5, 0.6) is 0 Å². The molecule has 0 bridgehead atoms. The van der Waals surface area contributed by atoms with Gasteiger partial charge >= 0.3 is 0 Å². The van der Waals surface area contributed by atoms with E-state index in [4.69, 9.17) is 9.47 Å². The zero-order valence-electron chi connectivity index (χ0n) is 34.0. The summed E-state index contributed by atoms with van der Waals surface area (Å²) in [4.78, 5) is 66.0. The van der Waals surface area contributed by atoms with Gasteiger partial charge in [-0.15, -0.1) is 0 Å². The highest BCUT2D eigenvalue weighted by Gasteiger charge is 2.26. The van der Waals surface area contributed by atoms with E-state index in [2.05, 4.69) is 51.2 Å². The van der Waals surface area contributed by atoms with Crippen molar-refractivity contribution in [3.8, 4) is 0 Å². The number of carbonyl (C=O) groups excluding carboxylic acids is 4. The van der Waals surface area contributed by atoms with Crippen LogP contribution in [0.2, 0.25) is 0 Å². The highest BCUT2D eigenvalue weighted by atomic mass is 16.5. The van der Waals surface area contributed by atoms with Crippen LogP contribution in [0.4, 0.5) is 11.6 Å². The Bertz CT molecular complexity index is 1410. The number of pyridine rings is 2. The van der Waals surface area contributed by atoms with Crippen LogP contribution in [0.25, 0.3) is 0 Å². The smallest absolute Gasteiger partial charge is 0.252 e. The van der Waals surface area contributed by atoms with E-state index in [9.17, 15) is 19.2 Å². The number of rotatable bonds is 20. The number of carbonyl (C=O) groups is 4. The van der Waals surface area contributed by atoms with Gasteiger partial charge in [0.15, 0.2) is 0 Å². The second kappa shape index (κ2) is 25.7. The van der Waals surface area contributed by atoms with Crippen molar-refractivity contribution >= 4 is 35.3 Å². The molecule has 14 heteroatoms. The molecule has 2 aliphatic heterocycles. The summed E-state index contributed by atoms with van der Waals surface area (Å²) in [6, 6.07) is 7.37. The molecule has 2 aromatic rings. The van der Waals surface area contributed by atoms with E-state index in [1.807, 2.05) is 41.8 Å². The average Bonchev–Trinajstić information content (AvgIpc) is 3.23. The fraction of sp³-hybridized carbons (Fsp3) is 0.659. The maximum atomic E-state index is 12.5. The van der Waals surface area contributed by atoms with Gasteiger partial charge in [-0.2, -0.15) is 0 Å². The molecule has 306 valence electrons. The van der Waals surface area contributed by atoms with Crippen molar-refractivity contribution in [1.29, 1.82) is 0 Å². The summed E-state index contributed by atoms with van der Waals surface area (Å²) >= 11 is 0. The van der Waals surface area contributed by atoms with E-state index in [1.54, 1.807) is 18.5 Å². The second-order valence-corrected chi connectivity index (χ2v) is 13.7. The molecule has 4 amide bonds. The fourth-order valence-corrected chi connectivity index (χ4v) is 6.38. The number of hydrogen-bond acceptors (Lipinski definition) is 10. The maximum Gasteiger partial charge on any atom is 0.252 e. The van der Waals surface area contributed by atoms with Gasteiger partial charge in [0.2, 0.25) is 11.8 Å². The first-order valence-electron chi connectivity index (χ1n) is 20.5. The second-order valence-electron chi connectivity index (χ2n) is 13.7. The van der Waals surface area contributed by atoms with Crippen molar-refractivity contribution < 1.29 is 28.7 Å². The molecule has 2 aromatic heterocycles. The molecule has 2 saturated heterocycles. The Kier molecular flexibility index (Phi) is 21.1. The molecule has 0 spiro atoms. The quantitative estimate of drug-likeness (QED) is 0.186. The minimum atomic E-state index is -0.115. The van der Waals surface area contributed by atoms with E-state index >= 15 is 0 Å². The van der Waals surface area contributed by atoms with Crippen molar-refractivity contribution in [3.63, 3.8) is 0 Å². The van der Waals surface area contributed by atoms with Gasteiger partial charge in [0.25, 0.3) is 11.8 Å². The normalized spacial score (nSPS) is 14.4. The van der Waals surface area contributed by atoms with Gasteiger partial charge in [0, 0.05) is 117 Å². The molecule has 0 radical (unpaired) electrons. The predicted octanol–water partition coefficient (Wildman–Crippen LogP) is 4.40. The lowest BCUT2D eigenvalue weighted by atomic mass is 10.0. The van der Waals surface area contributed by atoms with Gasteiger partial charge in [-0.25, -0.2) is 9.97 Å². The summed E-state index contributed by atoms with van der Waals surface area (Å²) in [6.07, 6.45) is 9.26. The highest BCUT2D eigenvalue weighted by molar-refractivity contribution is 5.94. The van der Waals surface area contributed by atoms with Gasteiger partial charge < -0.3 is 39.7 Å². The van der Waals surface area contributed by atoms with Crippen molar-refractivity contribution in [2.45, 2.75) is 79.6 Å². The number of nitrogens with one attached hydrogen (secondary N) is 2. The number of unbranched alkanes of at least 4 members (excludes halogenated alkanes) is 1. The third-order valence-electron chi connectivity index (χ3n) is 9.88. The van der Waals surface area contributed by atoms with Crippen LogP contribution in [0.1, 0.15) is 100 Å². The van der Waals surface area contributed by atoms with Crippen molar-refractivity contribution in [3.05, 3.63) is 47.8 Å². The third-order valence-corrected chi connectivity index (χ3v) is 9.88. The molecule has 55 heavy (non-hydrogen) atoms. The van der Waals surface area contributed by atoms with Crippen LogP contribution in [0.15, 0.2) is 36.7 Å². The van der Waals surface area contributed by atoms with Crippen molar-refractivity contribution in [2.75, 3.05) is 102 Å². The molecular formula is C41H66N8O6. The number of aromatic nitrogens is 2. The molecule has 4 rings (SSSR count). The Morgan fingerprint density at radius 3 is 1.47 bits per heavy atom. The van der Waals surface area contributed by atoms with Crippen molar-refractivity contribution in [1.82, 2.24) is 30.4 Å². The Balaban J connectivity index is 0.000000296. The molecule has 2 fully saturated rings. The Morgan fingerprint density at radius 1 is 0.636 bits per heavy atom. The molecule has 2 N–H and O–H groups in total. The summed E-state index contributed by atoms with van der Waals surface area (Å²) in [5, 5.41) is 5.76. The lowest BCUT2D eigenvalue weighted by molar-refractivity contribution is -0.136. The molecule has 0 atom stereocenters. The zero-order valence-corrected chi connectivity index (χ0v) is 34.0. The number of piperazine rings is 2. The molecular weight excluding hydrogens is 701 g/mol. The Labute approximate surface area is 328 Å². The monoisotopic (exact) mass is 767 g/mol. The van der Waals surface area contributed by atoms with Crippen LogP contribution in [-0.4, -0.2) is 135 Å². The predicted molar refractivity (Wildman–Crippen MR) is 217 cm³/mol. The average molecular weight is 767 g/mol. The van der Waals surface area contributed by atoms with Gasteiger partial charge in [-0.05, 0) is 70.2 Å². The van der Waals surface area contributed by atoms with Crippen LogP contribution in [0.3, 0.4) is 0 Å². The summed E-state index contributed by atoms with van der Waals surface area (Å²) in [6.45, 7) is 20.0. The van der Waals surface area contributed by atoms with E-state index in [0.717, 1.165) is 103 Å². The van der Waals surface area contributed by atoms with E-state index in [-0.39, 0.29) is 29.5 Å². The number of ether oxygens (including phenoxy) is 2. The minimum absolute atomic E-state index is 0.114. The summed E-state index contributed by atoms with van der Waals surface area (Å²) in [5.74, 6) is 2.13. The largest absolute Gasteiger partial charge is 0.382 e. The van der Waals surface area contributed by atoms with Gasteiger partial charge in [0.1, 0.15) is 11.6 Å². The number of amides is 4. The Hall–Kier alpha value is -4.30. The van der Waals surface area contributed by atoms with E-state index in [1.165, 1.54) is 0 Å². The molecule has 0 aliphatic carbocycles. The number of anilines is 2. The van der Waals surface area contributed by atoms with Crippen LogP contribution in [0, 0.1) is 5.92 Å². The molecule has 4 heterocycles. The molecule has 0 saturated carbocycles. The van der Waals surface area contributed by atoms with Crippen LogP contribution >= 0.6 is 0 Å². The number of nitrogens with zero attached hydrogens (tertiary/aromatic N) is 6. The first-order valence-corrected chi connectivity index (χ1v) is 20.5. The van der Waals surface area contributed by atoms with Gasteiger partial charge in [-0.3, -0.25) is 19.2 Å². The Morgan fingerprint density at radius 2 is 1.09 bits per heavy atom. The highest BCUT2D eigenvalue weighted by Crippen LogP contribution is 2.18. The molecule has 2 aliphatic rings. The lowest BCUT2D eigenvalue weighted by Gasteiger charge is -2.36. The van der Waals surface area contributed by atoms with Crippen molar-refractivity contribution in [2.24, 2.45) is 5.92 Å². The van der Waals surface area contributed by atoms with Crippen LogP contribution in [-0.2, 0) is 19.1 Å². The van der Waals surface area contributed by atoms with E-state index < -0.39 is 0 Å². The molecule has 0 aromatic carbocycles. The van der Waals surface area contributed by atoms with E-state index in [0.29, 0.717) is 57.1 Å². The molecule has 0 unspecified atom stereocenters. The number of hydrogen-bond donors (Lipinski definition) is 2. The van der Waals surface area contributed by atoms with Crippen LogP contribution < -0.4 is 20.4 Å². The van der Waals surface area contributed by atoms with Gasteiger partial charge in [0.05, 0.1) is 11.1 Å². The molecule has 14 nitrogen and oxygen atoms in total. The topological polar surface area (TPSA) is 150 Å². The summed E-state index contributed by atoms with van der Waals surface area (Å²) < 4.78 is 10.5. The van der Waals surface area contributed by atoms with Gasteiger partial charge in [-0.1, -0.05) is 27.2 Å². The maximum absolute atomic E-state index is 12.5. The summed E-state index contributed by atoms with van der Waals surface area (Å²) in [7, 11) is 0. The zero-order chi connectivity index (χ0) is 39.8. The SMILES string of the molecule is CCCCC(=O)N1CCN(c2ccc(C(=O)NCCCOCC)cn2)CC1.CCOCCCNC(=O)c1ccc(N2CCN(C(=O)C(CC)CC)CC2)nc1. The fourth-order valence-electron chi connectivity index (χ4n) is 6.38. The first-order chi connectivity index (χ1) is 26.8. The third kappa shape index (κ3) is 15.4.